The van der Waals surface area contributed by atoms with Gasteiger partial charge in [0, 0.05) is 27.5 Å². The van der Waals surface area contributed by atoms with E-state index in [0.717, 1.165) is 42.7 Å². The highest BCUT2D eigenvalue weighted by atomic mass is 32.2. The molecule has 1 aliphatic carbocycles. The van der Waals surface area contributed by atoms with Gasteiger partial charge in [-0.05, 0) is 36.4 Å². The molecule has 0 spiro atoms. The van der Waals surface area contributed by atoms with E-state index in [1.807, 2.05) is 35.7 Å². The van der Waals surface area contributed by atoms with Gasteiger partial charge >= 0.3 is 5.69 Å². The minimum atomic E-state index is -0.581. The molecule has 160 valence electrons. The number of thiophene rings is 1. The standard InChI is InChI=1S/C23H23N3O3S2/c27-21-20(22(28)26(23(29)25-21)14-7-2-1-3-8-14)16-13-19(18-11-6-12-30-18)31-17-10-5-4-9-15(17)24-16/h4-6,9-12,14,19,28H,1-3,7-8,13H2,(H,25,27,29)/t19-/m1/s1. The second kappa shape index (κ2) is 8.51. The molecule has 0 amide bonds. The van der Waals surface area contributed by atoms with E-state index in [1.165, 1.54) is 9.44 Å². The number of nitrogens with one attached hydrogen (secondary N) is 1. The zero-order valence-electron chi connectivity index (χ0n) is 16.9. The predicted octanol–water partition coefficient (Wildman–Crippen LogP) is 5.17. The molecule has 2 aliphatic rings. The Labute approximate surface area is 187 Å². The fourth-order valence-corrected chi connectivity index (χ4v) is 6.63. The van der Waals surface area contributed by atoms with Gasteiger partial charge in [-0.2, -0.15) is 0 Å². The Morgan fingerprint density at radius 1 is 1.06 bits per heavy atom. The third kappa shape index (κ3) is 3.90. The molecule has 5 rings (SSSR count). The van der Waals surface area contributed by atoms with Gasteiger partial charge in [-0.15, -0.1) is 23.1 Å². The van der Waals surface area contributed by atoms with Crippen LogP contribution in [-0.4, -0.2) is 20.4 Å². The van der Waals surface area contributed by atoms with Crippen molar-refractivity contribution in [2.45, 2.75) is 54.7 Å². The average molecular weight is 454 g/mol. The summed E-state index contributed by atoms with van der Waals surface area (Å²) in [4.78, 5) is 35.0. The minimum absolute atomic E-state index is 0.0660. The molecule has 2 aromatic heterocycles. The van der Waals surface area contributed by atoms with Gasteiger partial charge in [0.2, 0.25) is 5.88 Å². The first-order valence-corrected chi connectivity index (χ1v) is 12.3. The van der Waals surface area contributed by atoms with Crippen LogP contribution in [0.4, 0.5) is 5.69 Å². The van der Waals surface area contributed by atoms with Crippen molar-refractivity contribution in [2.24, 2.45) is 4.99 Å². The molecule has 1 saturated carbocycles. The molecular weight excluding hydrogens is 430 g/mol. The number of aromatic nitrogens is 2. The number of aromatic hydroxyl groups is 1. The largest absolute Gasteiger partial charge is 0.494 e. The average Bonchev–Trinajstić information content (AvgIpc) is 3.23. The maximum atomic E-state index is 12.9. The minimum Gasteiger partial charge on any atom is -0.494 e. The van der Waals surface area contributed by atoms with E-state index < -0.39 is 11.2 Å². The highest BCUT2D eigenvalue weighted by Crippen LogP contribution is 2.46. The van der Waals surface area contributed by atoms with Crippen LogP contribution in [0.1, 0.15) is 60.3 Å². The van der Waals surface area contributed by atoms with Crippen molar-refractivity contribution < 1.29 is 5.11 Å². The van der Waals surface area contributed by atoms with Crippen LogP contribution >= 0.6 is 23.1 Å². The van der Waals surface area contributed by atoms with E-state index >= 15 is 0 Å². The lowest BCUT2D eigenvalue weighted by Crippen LogP contribution is -2.36. The first-order valence-electron chi connectivity index (χ1n) is 10.6. The second-order valence-corrected chi connectivity index (χ2v) is 10.2. The summed E-state index contributed by atoms with van der Waals surface area (Å²) in [6.45, 7) is 0. The van der Waals surface area contributed by atoms with Gasteiger partial charge in [0.15, 0.2) is 0 Å². The topological polar surface area (TPSA) is 87.5 Å². The van der Waals surface area contributed by atoms with Crippen molar-refractivity contribution >= 4 is 34.5 Å². The molecule has 0 saturated heterocycles. The van der Waals surface area contributed by atoms with Crippen molar-refractivity contribution in [1.29, 1.82) is 0 Å². The molecule has 3 aromatic rings. The first-order chi connectivity index (χ1) is 15.1. The lowest BCUT2D eigenvalue weighted by molar-refractivity contribution is 0.298. The normalized spacial score (nSPS) is 19.5. The Morgan fingerprint density at radius 3 is 2.65 bits per heavy atom. The third-order valence-electron chi connectivity index (χ3n) is 5.98. The van der Waals surface area contributed by atoms with E-state index in [4.69, 9.17) is 4.99 Å². The summed E-state index contributed by atoms with van der Waals surface area (Å²) in [5, 5.41) is 13.3. The third-order valence-corrected chi connectivity index (χ3v) is 8.42. The van der Waals surface area contributed by atoms with Crippen molar-refractivity contribution in [3.05, 3.63) is 73.1 Å². The Morgan fingerprint density at radius 2 is 1.87 bits per heavy atom. The molecule has 0 unspecified atom stereocenters. The zero-order chi connectivity index (χ0) is 21.4. The SMILES string of the molecule is O=c1[nH]c(=O)n(C2CCCCC2)c(O)c1C1=Nc2ccccc2S[C@@H](c2cccs2)C1. The van der Waals surface area contributed by atoms with Crippen LogP contribution in [0, 0.1) is 0 Å². The molecule has 8 heteroatoms. The molecule has 0 bridgehead atoms. The van der Waals surface area contributed by atoms with Gasteiger partial charge in [0.25, 0.3) is 5.56 Å². The van der Waals surface area contributed by atoms with Gasteiger partial charge in [0.05, 0.1) is 11.4 Å². The lowest BCUT2D eigenvalue weighted by Gasteiger charge is -2.25. The van der Waals surface area contributed by atoms with Gasteiger partial charge in [-0.1, -0.05) is 37.5 Å². The molecule has 2 N–H and O–H groups in total. The number of hydrogen-bond acceptors (Lipinski definition) is 6. The van der Waals surface area contributed by atoms with E-state index in [2.05, 4.69) is 11.1 Å². The maximum absolute atomic E-state index is 12.9. The van der Waals surface area contributed by atoms with Crippen LogP contribution in [0.15, 0.2) is 61.3 Å². The van der Waals surface area contributed by atoms with E-state index in [-0.39, 0.29) is 22.7 Å². The summed E-state index contributed by atoms with van der Waals surface area (Å²) in [6, 6.07) is 11.8. The van der Waals surface area contributed by atoms with Crippen LogP contribution in [-0.2, 0) is 0 Å². The van der Waals surface area contributed by atoms with E-state index in [9.17, 15) is 14.7 Å². The molecule has 6 nitrogen and oxygen atoms in total. The molecular formula is C23H23N3O3S2. The van der Waals surface area contributed by atoms with Gasteiger partial charge < -0.3 is 5.11 Å². The van der Waals surface area contributed by atoms with Crippen molar-refractivity contribution in [3.63, 3.8) is 0 Å². The number of thioether (sulfide) groups is 1. The van der Waals surface area contributed by atoms with Gasteiger partial charge in [0.1, 0.15) is 5.56 Å². The predicted molar refractivity (Wildman–Crippen MR) is 125 cm³/mol. The van der Waals surface area contributed by atoms with Gasteiger partial charge in [-0.25, -0.2) is 4.79 Å². The quantitative estimate of drug-likeness (QED) is 0.573. The van der Waals surface area contributed by atoms with E-state index in [0.29, 0.717) is 12.1 Å². The molecule has 1 fully saturated rings. The molecule has 1 aliphatic heterocycles. The monoisotopic (exact) mass is 453 g/mol. The Kier molecular flexibility index (Phi) is 5.58. The molecule has 1 atom stereocenters. The number of hydrogen-bond donors (Lipinski definition) is 2. The molecule has 3 heterocycles. The molecule has 0 radical (unpaired) electrons. The Hall–Kier alpha value is -2.58. The summed E-state index contributed by atoms with van der Waals surface area (Å²) in [7, 11) is 0. The molecule has 31 heavy (non-hydrogen) atoms. The second-order valence-electron chi connectivity index (χ2n) is 7.97. The highest BCUT2D eigenvalue weighted by Gasteiger charge is 2.29. The van der Waals surface area contributed by atoms with Crippen LogP contribution in [0.2, 0.25) is 0 Å². The zero-order valence-corrected chi connectivity index (χ0v) is 18.5. The van der Waals surface area contributed by atoms with E-state index in [1.54, 1.807) is 23.1 Å². The van der Waals surface area contributed by atoms with Crippen LogP contribution in [0.3, 0.4) is 0 Å². The number of aromatic amines is 1. The number of para-hydroxylation sites is 1. The summed E-state index contributed by atoms with van der Waals surface area (Å²) in [5.74, 6) is -0.256. The number of benzene rings is 1. The summed E-state index contributed by atoms with van der Waals surface area (Å²) in [6.07, 6.45) is 5.28. The smallest absolute Gasteiger partial charge is 0.331 e. The first kappa shape index (κ1) is 20.3. The number of H-pyrrole nitrogens is 1. The number of rotatable bonds is 3. The number of nitrogens with zero attached hydrogens (tertiary/aromatic N) is 2. The molecule has 1 aromatic carbocycles. The van der Waals surface area contributed by atoms with Crippen LogP contribution < -0.4 is 11.2 Å². The highest BCUT2D eigenvalue weighted by molar-refractivity contribution is 7.99. The summed E-state index contributed by atoms with van der Waals surface area (Å²) < 4.78 is 1.38. The fraction of sp³-hybridized carbons (Fsp3) is 0.348. The Bertz CT molecular complexity index is 1240. The number of aliphatic imine (C=N–C) groups is 1. The van der Waals surface area contributed by atoms with Crippen molar-refractivity contribution in [2.75, 3.05) is 0 Å². The number of fused-ring (bicyclic) bond motifs is 1. The fourth-order valence-electron chi connectivity index (χ4n) is 4.48. The van der Waals surface area contributed by atoms with Gasteiger partial charge in [-0.3, -0.25) is 19.3 Å². The maximum Gasteiger partial charge on any atom is 0.331 e. The summed E-state index contributed by atoms with van der Waals surface area (Å²) in [5.41, 5.74) is 0.276. The summed E-state index contributed by atoms with van der Waals surface area (Å²) >= 11 is 3.38. The van der Waals surface area contributed by atoms with Crippen molar-refractivity contribution in [3.8, 4) is 5.88 Å². The van der Waals surface area contributed by atoms with Crippen LogP contribution in [0.25, 0.3) is 0 Å². The van der Waals surface area contributed by atoms with Crippen LogP contribution in [0.5, 0.6) is 5.88 Å². The lowest BCUT2D eigenvalue weighted by atomic mass is 9.95. The van der Waals surface area contributed by atoms with Crippen molar-refractivity contribution in [1.82, 2.24) is 9.55 Å². The Balaban J connectivity index is 1.67.